The molecule has 3 aromatic rings. The second-order valence-electron chi connectivity index (χ2n) is 7.38. The number of nitrogens with zero attached hydrogens (tertiary/aromatic N) is 1. The Labute approximate surface area is 185 Å². The smallest absolute Gasteiger partial charge is 0.264 e. The fraction of sp³-hybridized carbons (Fsp3) is 0.130. The highest BCUT2D eigenvalue weighted by Gasteiger charge is 2.23. The fourth-order valence-corrected chi connectivity index (χ4v) is 4.30. The van der Waals surface area contributed by atoms with E-state index in [0.717, 1.165) is 5.56 Å². The predicted molar refractivity (Wildman–Crippen MR) is 122 cm³/mol. The number of carbonyl (C=O) groups is 2. The first-order chi connectivity index (χ1) is 15.2. The Morgan fingerprint density at radius 1 is 1.00 bits per heavy atom. The van der Waals surface area contributed by atoms with Gasteiger partial charge in [-0.25, -0.2) is 8.42 Å². The van der Waals surface area contributed by atoms with Gasteiger partial charge in [-0.15, -0.1) is 0 Å². The number of sulfonamides is 1. The maximum atomic E-state index is 12.8. The van der Waals surface area contributed by atoms with Gasteiger partial charge in [0.05, 0.1) is 10.6 Å². The van der Waals surface area contributed by atoms with Crippen molar-refractivity contribution in [3.63, 3.8) is 0 Å². The van der Waals surface area contributed by atoms with Crippen LogP contribution in [0.4, 0.5) is 17.1 Å². The molecule has 9 heteroatoms. The monoisotopic (exact) mass is 451 g/mol. The maximum absolute atomic E-state index is 12.8. The number of hydrogen-bond donors (Lipinski definition) is 2. The topological polar surface area (TPSA) is 105 Å². The van der Waals surface area contributed by atoms with Crippen LogP contribution >= 0.6 is 0 Å². The molecule has 0 aliphatic carbocycles. The van der Waals surface area contributed by atoms with E-state index in [0.29, 0.717) is 22.8 Å². The van der Waals surface area contributed by atoms with E-state index >= 15 is 0 Å². The van der Waals surface area contributed by atoms with Crippen LogP contribution in [-0.4, -0.2) is 33.9 Å². The van der Waals surface area contributed by atoms with E-state index in [1.54, 1.807) is 49.5 Å². The lowest BCUT2D eigenvalue weighted by atomic mass is 10.2. The summed E-state index contributed by atoms with van der Waals surface area (Å²) < 4.78 is 33.4. The average Bonchev–Trinajstić information content (AvgIpc) is 2.78. The highest BCUT2D eigenvalue weighted by Crippen LogP contribution is 2.33. The molecule has 0 saturated carbocycles. The molecular formula is C23H21N3O5S. The molecular weight excluding hydrogens is 430 g/mol. The van der Waals surface area contributed by atoms with E-state index < -0.39 is 15.9 Å². The molecule has 32 heavy (non-hydrogen) atoms. The Morgan fingerprint density at radius 2 is 1.72 bits per heavy atom. The molecule has 0 aromatic heterocycles. The van der Waals surface area contributed by atoms with Crippen molar-refractivity contribution < 1.29 is 22.7 Å². The number of rotatable bonds is 5. The van der Waals surface area contributed by atoms with Gasteiger partial charge in [-0.2, -0.15) is 0 Å². The van der Waals surface area contributed by atoms with Crippen LogP contribution in [0.25, 0.3) is 0 Å². The van der Waals surface area contributed by atoms with E-state index in [2.05, 4.69) is 10.0 Å². The summed E-state index contributed by atoms with van der Waals surface area (Å²) in [6.07, 6.45) is 0. The van der Waals surface area contributed by atoms with Crippen molar-refractivity contribution >= 4 is 38.9 Å². The second kappa shape index (κ2) is 8.35. The molecule has 2 N–H and O–H groups in total. The first kappa shape index (κ1) is 21.4. The first-order valence-corrected chi connectivity index (χ1v) is 11.3. The highest BCUT2D eigenvalue weighted by molar-refractivity contribution is 7.92. The Hall–Kier alpha value is -3.85. The molecule has 0 fully saturated rings. The van der Waals surface area contributed by atoms with Crippen molar-refractivity contribution in [2.45, 2.75) is 11.8 Å². The van der Waals surface area contributed by atoms with Gasteiger partial charge in [0.15, 0.2) is 6.61 Å². The lowest BCUT2D eigenvalue weighted by Crippen LogP contribution is -2.35. The summed E-state index contributed by atoms with van der Waals surface area (Å²) in [6.45, 7) is 1.87. The molecule has 0 saturated heterocycles. The van der Waals surface area contributed by atoms with E-state index in [1.807, 2.05) is 6.92 Å². The van der Waals surface area contributed by atoms with Gasteiger partial charge >= 0.3 is 0 Å². The SMILES string of the molecule is Cc1ccc(NS(=O)(=O)c2cccc(C(=O)Nc3ccc4c(c3)N(C)C(=O)CO4)c2)cc1. The predicted octanol–water partition coefficient (Wildman–Crippen LogP) is 3.40. The quantitative estimate of drug-likeness (QED) is 0.619. The second-order valence-corrected chi connectivity index (χ2v) is 9.06. The number of benzene rings is 3. The molecule has 0 bridgehead atoms. The number of likely N-dealkylation sites (N-methyl/N-ethyl adjacent to an activating group) is 1. The summed E-state index contributed by atoms with van der Waals surface area (Å²) in [5.41, 5.74) is 2.61. The summed E-state index contributed by atoms with van der Waals surface area (Å²) in [5.74, 6) is -0.136. The van der Waals surface area contributed by atoms with E-state index in [9.17, 15) is 18.0 Å². The third-order valence-electron chi connectivity index (χ3n) is 5.01. The largest absolute Gasteiger partial charge is 0.482 e. The Bertz CT molecular complexity index is 1300. The number of hydrogen-bond acceptors (Lipinski definition) is 5. The molecule has 1 heterocycles. The van der Waals surface area contributed by atoms with Crippen LogP contribution in [0, 0.1) is 6.92 Å². The van der Waals surface area contributed by atoms with Crippen LogP contribution in [0.5, 0.6) is 5.75 Å². The van der Waals surface area contributed by atoms with Crippen LogP contribution in [0.1, 0.15) is 15.9 Å². The molecule has 0 spiro atoms. The summed E-state index contributed by atoms with van der Waals surface area (Å²) >= 11 is 0. The molecule has 0 unspecified atom stereocenters. The third kappa shape index (κ3) is 4.42. The van der Waals surface area contributed by atoms with E-state index in [1.165, 1.54) is 29.2 Å². The van der Waals surface area contributed by atoms with Gasteiger partial charge in [0.25, 0.3) is 21.8 Å². The summed E-state index contributed by atoms with van der Waals surface area (Å²) in [6, 6.07) is 17.7. The van der Waals surface area contributed by atoms with Crippen LogP contribution in [0.15, 0.2) is 71.6 Å². The van der Waals surface area contributed by atoms with Crippen LogP contribution in [0.3, 0.4) is 0 Å². The van der Waals surface area contributed by atoms with Crippen molar-refractivity contribution in [1.82, 2.24) is 0 Å². The van der Waals surface area contributed by atoms with Crippen molar-refractivity contribution in [2.24, 2.45) is 0 Å². The molecule has 164 valence electrons. The average molecular weight is 452 g/mol. The van der Waals surface area contributed by atoms with Gasteiger partial charge in [-0.3, -0.25) is 14.3 Å². The number of aryl methyl sites for hydroxylation is 1. The summed E-state index contributed by atoms with van der Waals surface area (Å²) in [5, 5.41) is 2.73. The minimum Gasteiger partial charge on any atom is -0.482 e. The number of nitrogens with one attached hydrogen (secondary N) is 2. The highest BCUT2D eigenvalue weighted by atomic mass is 32.2. The van der Waals surface area contributed by atoms with Gasteiger partial charge in [-0.1, -0.05) is 23.8 Å². The number of carbonyl (C=O) groups excluding carboxylic acids is 2. The van der Waals surface area contributed by atoms with Crippen LogP contribution in [0.2, 0.25) is 0 Å². The molecule has 8 nitrogen and oxygen atoms in total. The molecule has 2 amide bonds. The number of ether oxygens (including phenoxy) is 1. The van der Waals surface area contributed by atoms with Gasteiger partial charge in [-0.05, 0) is 55.5 Å². The van der Waals surface area contributed by atoms with E-state index in [4.69, 9.17) is 4.74 Å². The zero-order valence-electron chi connectivity index (χ0n) is 17.5. The van der Waals surface area contributed by atoms with Crippen molar-refractivity contribution in [3.05, 3.63) is 77.9 Å². The lowest BCUT2D eigenvalue weighted by Gasteiger charge is -2.26. The Morgan fingerprint density at radius 3 is 2.47 bits per heavy atom. The van der Waals surface area contributed by atoms with Gasteiger partial charge in [0.2, 0.25) is 0 Å². The number of anilines is 3. The summed E-state index contributed by atoms with van der Waals surface area (Å²) in [7, 11) is -2.24. The minimum atomic E-state index is -3.87. The molecule has 1 aliphatic heterocycles. The Balaban J connectivity index is 1.54. The molecule has 0 atom stereocenters. The zero-order valence-corrected chi connectivity index (χ0v) is 18.3. The van der Waals surface area contributed by atoms with E-state index in [-0.39, 0.29) is 23.0 Å². The fourth-order valence-electron chi connectivity index (χ4n) is 3.19. The minimum absolute atomic E-state index is 0.0325. The van der Waals surface area contributed by atoms with Gasteiger partial charge in [0, 0.05) is 24.0 Å². The molecule has 1 aliphatic rings. The third-order valence-corrected chi connectivity index (χ3v) is 6.39. The maximum Gasteiger partial charge on any atom is 0.264 e. The lowest BCUT2D eigenvalue weighted by molar-refractivity contribution is -0.120. The van der Waals surface area contributed by atoms with Crippen LogP contribution < -0.4 is 19.7 Å². The standard InChI is InChI=1S/C23H21N3O5S/c1-15-6-8-17(9-7-15)25-32(29,30)19-5-3-4-16(12-19)23(28)24-18-10-11-21-20(13-18)26(2)22(27)14-31-21/h3-13,25H,14H2,1-2H3,(H,24,28). The molecule has 0 radical (unpaired) electrons. The number of amides is 2. The van der Waals surface area contributed by atoms with Gasteiger partial charge in [0.1, 0.15) is 5.75 Å². The van der Waals surface area contributed by atoms with Gasteiger partial charge < -0.3 is 15.0 Å². The summed E-state index contributed by atoms with van der Waals surface area (Å²) in [4.78, 5) is 26.0. The molecule has 3 aromatic carbocycles. The Kier molecular flexibility index (Phi) is 5.58. The van der Waals surface area contributed by atoms with Crippen molar-refractivity contribution in [2.75, 3.05) is 28.6 Å². The van der Waals surface area contributed by atoms with Crippen molar-refractivity contribution in [1.29, 1.82) is 0 Å². The van der Waals surface area contributed by atoms with Crippen LogP contribution in [-0.2, 0) is 14.8 Å². The normalized spacial score (nSPS) is 13.2. The first-order valence-electron chi connectivity index (χ1n) is 9.77. The van der Waals surface area contributed by atoms with Crippen molar-refractivity contribution in [3.8, 4) is 5.75 Å². The number of fused-ring (bicyclic) bond motifs is 1. The zero-order chi connectivity index (χ0) is 22.9. The molecule has 4 rings (SSSR count).